The molecule has 28 heavy (non-hydrogen) atoms. The number of nitrogens with one attached hydrogen (secondary N) is 3. The van der Waals surface area contributed by atoms with Gasteiger partial charge in [-0.25, -0.2) is 9.97 Å². The van der Waals surface area contributed by atoms with E-state index in [1.54, 1.807) is 0 Å². The molecule has 2 aromatic heterocycles. The lowest BCUT2D eigenvalue weighted by Gasteiger charge is -2.33. The van der Waals surface area contributed by atoms with Gasteiger partial charge in [-0.3, -0.25) is 0 Å². The summed E-state index contributed by atoms with van der Waals surface area (Å²) in [4.78, 5) is 8.19. The molecule has 3 N–H and O–H groups in total. The smallest absolute Gasteiger partial charge is 0.158 e. The highest BCUT2D eigenvalue weighted by atomic mass is 15.2. The standard InChI is InChI=1S/C20H28N8/c1-12(2)20-17(23-9-15-5-13(3)25-14(4)6-15)7-18(27-28-20)26-19-11-22-16(8-21)10-24-19/h7,10-15,25H,5-6,9H2,1-4H3,(H2,23,24,26,27). The summed E-state index contributed by atoms with van der Waals surface area (Å²) in [6, 6.07) is 5.01. The van der Waals surface area contributed by atoms with Gasteiger partial charge in [-0.15, -0.1) is 5.10 Å². The van der Waals surface area contributed by atoms with Crippen LogP contribution in [0.1, 0.15) is 57.8 Å². The Morgan fingerprint density at radius 1 is 1.14 bits per heavy atom. The molecule has 1 aliphatic heterocycles. The third-order valence-electron chi connectivity index (χ3n) is 4.92. The zero-order valence-corrected chi connectivity index (χ0v) is 16.9. The van der Waals surface area contributed by atoms with Gasteiger partial charge in [0.15, 0.2) is 11.5 Å². The maximum Gasteiger partial charge on any atom is 0.158 e. The first-order valence-electron chi connectivity index (χ1n) is 9.81. The largest absolute Gasteiger partial charge is 0.383 e. The molecule has 8 heteroatoms. The van der Waals surface area contributed by atoms with Gasteiger partial charge in [-0.1, -0.05) is 13.8 Å². The zero-order valence-electron chi connectivity index (χ0n) is 16.9. The molecule has 2 atom stereocenters. The third kappa shape index (κ3) is 5.14. The summed E-state index contributed by atoms with van der Waals surface area (Å²) >= 11 is 0. The Balaban J connectivity index is 1.72. The molecule has 148 valence electrons. The van der Waals surface area contributed by atoms with Crippen molar-refractivity contribution in [2.45, 2.75) is 58.5 Å². The summed E-state index contributed by atoms with van der Waals surface area (Å²) in [5.74, 6) is 2.01. The first-order valence-corrected chi connectivity index (χ1v) is 9.81. The number of nitriles is 1. The van der Waals surface area contributed by atoms with E-state index >= 15 is 0 Å². The van der Waals surface area contributed by atoms with Gasteiger partial charge in [0.05, 0.1) is 23.8 Å². The predicted molar refractivity (Wildman–Crippen MR) is 109 cm³/mol. The normalized spacial score (nSPS) is 21.9. The van der Waals surface area contributed by atoms with Crippen molar-refractivity contribution < 1.29 is 0 Å². The monoisotopic (exact) mass is 380 g/mol. The van der Waals surface area contributed by atoms with Gasteiger partial charge in [-0.05, 0) is 38.5 Å². The van der Waals surface area contributed by atoms with Crippen LogP contribution in [-0.4, -0.2) is 38.8 Å². The minimum atomic E-state index is 0.268. The molecule has 0 aliphatic carbocycles. The summed E-state index contributed by atoms with van der Waals surface area (Å²) in [6.45, 7) is 9.64. The summed E-state index contributed by atoms with van der Waals surface area (Å²) < 4.78 is 0. The van der Waals surface area contributed by atoms with Gasteiger partial charge >= 0.3 is 0 Å². The van der Waals surface area contributed by atoms with Crippen LogP contribution >= 0.6 is 0 Å². The van der Waals surface area contributed by atoms with Crippen LogP contribution in [0.15, 0.2) is 18.5 Å². The number of hydrogen-bond acceptors (Lipinski definition) is 8. The van der Waals surface area contributed by atoms with Gasteiger partial charge < -0.3 is 16.0 Å². The molecule has 0 aromatic carbocycles. The van der Waals surface area contributed by atoms with E-state index in [-0.39, 0.29) is 11.6 Å². The molecule has 2 unspecified atom stereocenters. The van der Waals surface area contributed by atoms with Crippen LogP contribution in [0, 0.1) is 17.2 Å². The van der Waals surface area contributed by atoms with E-state index in [9.17, 15) is 0 Å². The van der Waals surface area contributed by atoms with Crippen molar-refractivity contribution in [2.24, 2.45) is 5.92 Å². The molecule has 1 aliphatic rings. The average Bonchev–Trinajstić information content (AvgIpc) is 2.66. The zero-order chi connectivity index (χ0) is 20.1. The first kappa shape index (κ1) is 20.0. The Bertz CT molecular complexity index is 817. The molecule has 2 aromatic rings. The fourth-order valence-electron chi connectivity index (χ4n) is 3.75. The van der Waals surface area contributed by atoms with E-state index in [4.69, 9.17) is 5.26 Å². The van der Waals surface area contributed by atoms with Gasteiger partial charge in [0.25, 0.3) is 0 Å². The maximum absolute atomic E-state index is 8.83. The Hall–Kier alpha value is -2.79. The van der Waals surface area contributed by atoms with Crippen LogP contribution in [0.5, 0.6) is 0 Å². The number of hydrogen-bond donors (Lipinski definition) is 3. The van der Waals surface area contributed by atoms with Crippen molar-refractivity contribution in [2.75, 3.05) is 17.2 Å². The summed E-state index contributed by atoms with van der Waals surface area (Å²) in [5, 5.41) is 27.8. The molecule has 1 fully saturated rings. The Kier molecular flexibility index (Phi) is 6.37. The van der Waals surface area contributed by atoms with E-state index in [0.717, 1.165) is 17.9 Å². The van der Waals surface area contributed by atoms with Crippen molar-refractivity contribution in [3.05, 3.63) is 29.8 Å². The summed E-state index contributed by atoms with van der Waals surface area (Å²) in [6.07, 6.45) is 5.27. The van der Waals surface area contributed by atoms with E-state index < -0.39 is 0 Å². The molecular formula is C20H28N8. The van der Waals surface area contributed by atoms with E-state index in [1.807, 2.05) is 12.1 Å². The number of rotatable bonds is 6. The van der Waals surface area contributed by atoms with E-state index in [0.29, 0.717) is 29.6 Å². The Morgan fingerprint density at radius 2 is 1.89 bits per heavy atom. The average molecular weight is 381 g/mol. The number of piperidine rings is 1. The van der Waals surface area contributed by atoms with Crippen LogP contribution in [0.4, 0.5) is 17.3 Å². The van der Waals surface area contributed by atoms with Crippen molar-refractivity contribution in [1.82, 2.24) is 25.5 Å². The third-order valence-corrected chi connectivity index (χ3v) is 4.92. The maximum atomic E-state index is 8.83. The number of nitrogens with zero attached hydrogens (tertiary/aromatic N) is 5. The fourth-order valence-corrected chi connectivity index (χ4v) is 3.75. The van der Waals surface area contributed by atoms with Gasteiger partial charge in [0.2, 0.25) is 0 Å². The second kappa shape index (κ2) is 8.93. The fraction of sp³-hybridized carbons (Fsp3) is 0.550. The molecule has 3 heterocycles. The molecule has 3 rings (SSSR count). The van der Waals surface area contributed by atoms with Crippen molar-refractivity contribution in [1.29, 1.82) is 5.26 Å². The van der Waals surface area contributed by atoms with Crippen LogP contribution < -0.4 is 16.0 Å². The molecular weight excluding hydrogens is 352 g/mol. The van der Waals surface area contributed by atoms with Crippen LogP contribution in [-0.2, 0) is 0 Å². The molecule has 0 saturated carbocycles. The molecule has 0 amide bonds. The van der Waals surface area contributed by atoms with Crippen molar-refractivity contribution >= 4 is 17.3 Å². The molecule has 0 bridgehead atoms. The van der Waals surface area contributed by atoms with Gasteiger partial charge in [0.1, 0.15) is 11.9 Å². The van der Waals surface area contributed by atoms with Crippen molar-refractivity contribution in [3.8, 4) is 6.07 Å². The highest BCUT2D eigenvalue weighted by Crippen LogP contribution is 2.26. The Morgan fingerprint density at radius 3 is 2.50 bits per heavy atom. The second-order valence-corrected chi connectivity index (χ2v) is 7.89. The molecule has 1 saturated heterocycles. The van der Waals surface area contributed by atoms with Gasteiger partial charge in [-0.2, -0.15) is 10.4 Å². The quantitative estimate of drug-likeness (QED) is 0.700. The lowest BCUT2D eigenvalue weighted by molar-refractivity contribution is 0.272. The van der Waals surface area contributed by atoms with E-state index in [2.05, 4.69) is 63.8 Å². The highest BCUT2D eigenvalue weighted by molar-refractivity contribution is 5.60. The lowest BCUT2D eigenvalue weighted by Crippen LogP contribution is -2.43. The number of aromatic nitrogens is 4. The summed E-state index contributed by atoms with van der Waals surface area (Å²) in [7, 11) is 0. The highest BCUT2D eigenvalue weighted by Gasteiger charge is 2.23. The van der Waals surface area contributed by atoms with Crippen molar-refractivity contribution in [3.63, 3.8) is 0 Å². The lowest BCUT2D eigenvalue weighted by atomic mass is 9.89. The molecule has 0 spiro atoms. The Labute approximate surface area is 166 Å². The summed E-state index contributed by atoms with van der Waals surface area (Å²) in [5.41, 5.74) is 2.22. The number of anilines is 3. The van der Waals surface area contributed by atoms with E-state index in [1.165, 1.54) is 25.2 Å². The van der Waals surface area contributed by atoms with Crippen LogP contribution in [0.3, 0.4) is 0 Å². The molecule has 8 nitrogen and oxygen atoms in total. The second-order valence-electron chi connectivity index (χ2n) is 7.89. The van der Waals surface area contributed by atoms with Crippen LogP contribution in [0.25, 0.3) is 0 Å². The SMILES string of the molecule is CC1CC(CNc2cc(Nc3cnc(C#N)cn3)nnc2C(C)C)CC(C)N1. The molecule has 0 radical (unpaired) electrons. The topological polar surface area (TPSA) is 111 Å². The van der Waals surface area contributed by atoms with Gasteiger partial charge in [0, 0.05) is 24.7 Å². The minimum absolute atomic E-state index is 0.268. The first-order chi connectivity index (χ1) is 13.4. The van der Waals surface area contributed by atoms with Crippen LogP contribution in [0.2, 0.25) is 0 Å². The predicted octanol–water partition coefficient (Wildman–Crippen LogP) is 3.19. The minimum Gasteiger partial charge on any atom is -0.383 e.